The summed E-state index contributed by atoms with van der Waals surface area (Å²) in [6.07, 6.45) is 4.86. The van der Waals surface area contributed by atoms with Crippen molar-refractivity contribution in [3.8, 4) is 0 Å². The molecule has 0 aromatic carbocycles. The van der Waals surface area contributed by atoms with E-state index in [1.165, 1.54) is 0 Å². The van der Waals surface area contributed by atoms with Crippen LogP contribution in [0.5, 0.6) is 0 Å². The molecule has 1 aliphatic rings. The lowest BCUT2D eigenvalue weighted by atomic mass is 10.1. The number of hydrogen-bond acceptors (Lipinski definition) is 5. The van der Waals surface area contributed by atoms with Crippen LogP contribution in [-0.4, -0.2) is 40.1 Å². The van der Waals surface area contributed by atoms with Gasteiger partial charge < -0.3 is 14.7 Å². The highest BCUT2D eigenvalue weighted by atomic mass is 16.5. The summed E-state index contributed by atoms with van der Waals surface area (Å²) in [5, 5.41) is 7.32. The van der Waals surface area contributed by atoms with E-state index in [4.69, 9.17) is 4.52 Å². The number of nitrogens with one attached hydrogen (secondary N) is 1. The summed E-state index contributed by atoms with van der Waals surface area (Å²) in [6, 6.07) is 4.16. The molecule has 1 amide bonds. The molecule has 0 aliphatic carbocycles. The Labute approximate surface area is 129 Å². The lowest BCUT2D eigenvalue weighted by molar-refractivity contribution is -0.129. The molecule has 1 aliphatic heterocycles. The number of anilines is 1. The van der Waals surface area contributed by atoms with E-state index in [1.54, 1.807) is 12.4 Å². The van der Waals surface area contributed by atoms with Crippen LogP contribution in [0.2, 0.25) is 0 Å². The number of amides is 1. The van der Waals surface area contributed by atoms with Gasteiger partial charge in [-0.25, -0.2) is 0 Å². The smallest absolute Gasteiger partial charge is 0.227 e. The summed E-state index contributed by atoms with van der Waals surface area (Å²) in [7, 11) is 0. The van der Waals surface area contributed by atoms with E-state index in [1.807, 2.05) is 30.9 Å². The highest BCUT2D eigenvalue weighted by Gasteiger charge is 2.27. The van der Waals surface area contributed by atoms with Crippen LogP contribution < -0.4 is 5.32 Å². The van der Waals surface area contributed by atoms with Crippen LogP contribution in [0.4, 0.5) is 5.69 Å². The fraction of sp³-hybridized carbons (Fsp3) is 0.438. The number of hydrogen-bond donors (Lipinski definition) is 1. The van der Waals surface area contributed by atoms with Crippen molar-refractivity contribution in [1.82, 2.24) is 15.0 Å². The molecule has 1 fully saturated rings. The van der Waals surface area contributed by atoms with Crippen molar-refractivity contribution in [3.63, 3.8) is 0 Å². The summed E-state index contributed by atoms with van der Waals surface area (Å²) in [5.41, 5.74) is 2.70. The summed E-state index contributed by atoms with van der Waals surface area (Å²) in [5.74, 6) is 0.861. The van der Waals surface area contributed by atoms with Crippen LogP contribution in [0.15, 0.2) is 29.0 Å². The maximum atomic E-state index is 12.4. The molecule has 0 saturated carbocycles. The van der Waals surface area contributed by atoms with Crippen LogP contribution in [0, 0.1) is 13.8 Å². The normalized spacial score (nSPS) is 17.7. The molecule has 22 heavy (non-hydrogen) atoms. The van der Waals surface area contributed by atoms with Crippen LogP contribution >= 0.6 is 0 Å². The maximum absolute atomic E-state index is 12.4. The van der Waals surface area contributed by atoms with Gasteiger partial charge in [0.25, 0.3) is 0 Å². The molecule has 1 unspecified atom stereocenters. The van der Waals surface area contributed by atoms with Crippen molar-refractivity contribution >= 4 is 11.6 Å². The molecule has 0 spiro atoms. The number of likely N-dealkylation sites (tertiary alicyclic amines) is 1. The number of nitrogens with zero attached hydrogens (tertiary/aromatic N) is 3. The van der Waals surface area contributed by atoms with Crippen LogP contribution in [0.25, 0.3) is 0 Å². The Morgan fingerprint density at radius 3 is 3.05 bits per heavy atom. The van der Waals surface area contributed by atoms with Gasteiger partial charge in [0.05, 0.1) is 17.8 Å². The van der Waals surface area contributed by atoms with Gasteiger partial charge in [-0.15, -0.1) is 0 Å². The first-order chi connectivity index (χ1) is 10.6. The predicted molar refractivity (Wildman–Crippen MR) is 82.5 cm³/mol. The molecule has 1 saturated heterocycles. The Hall–Kier alpha value is -2.37. The minimum absolute atomic E-state index is 0.130. The molecule has 3 heterocycles. The first-order valence-corrected chi connectivity index (χ1v) is 7.49. The Morgan fingerprint density at radius 1 is 1.50 bits per heavy atom. The number of rotatable bonds is 4. The van der Waals surface area contributed by atoms with E-state index in [2.05, 4.69) is 15.5 Å². The number of pyridine rings is 1. The Bertz CT molecular complexity index is 634. The average molecular weight is 300 g/mol. The third-order valence-corrected chi connectivity index (χ3v) is 4.08. The van der Waals surface area contributed by atoms with E-state index >= 15 is 0 Å². The fourth-order valence-corrected chi connectivity index (χ4v) is 2.81. The minimum Gasteiger partial charge on any atom is -0.379 e. The predicted octanol–water partition coefficient (Wildman–Crippen LogP) is 1.94. The second kappa shape index (κ2) is 6.17. The fourth-order valence-electron chi connectivity index (χ4n) is 2.81. The number of carbonyl (C=O) groups excluding carboxylic acids is 1. The summed E-state index contributed by atoms with van der Waals surface area (Å²) >= 11 is 0. The largest absolute Gasteiger partial charge is 0.379 e. The van der Waals surface area contributed by atoms with Gasteiger partial charge in [-0.3, -0.25) is 9.78 Å². The van der Waals surface area contributed by atoms with E-state index in [0.717, 1.165) is 42.2 Å². The van der Waals surface area contributed by atoms with Gasteiger partial charge in [-0.1, -0.05) is 5.16 Å². The molecule has 0 radical (unpaired) electrons. The molecule has 3 rings (SSSR count). The highest BCUT2D eigenvalue weighted by molar-refractivity contribution is 5.79. The standard InChI is InChI=1S/C16H20N4O2/c1-11-15(12(2)22-19-11)8-16(21)20-7-5-14(10-20)18-13-4-3-6-17-9-13/h3-4,6,9,14,18H,5,7-8,10H2,1-2H3. The molecule has 1 N–H and O–H groups in total. The second-order valence-electron chi connectivity index (χ2n) is 5.69. The van der Waals surface area contributed by atoms with E-state index in [0.29, 0.717) is 6.42 Å². The molecule has 1 atom stereocenters. The zero-order valence-corrected chi connectivity index (χ0v) is 12.9. The Morgan fingerprint density at radius 2 is 2.36 bits per heavy atom. The topological polar surface area (TPSA) is 71.3 Å². The third kappa shape index (κ3) is 3.10. The summed E-state index contributed by atoms with van der Waals surface area (Å²) in [4.78, 5) is 18.4. The van der Waals surface area contributed by atoms with Crippen molar-refractivity contribution < 1.29 is 9.32 Å². The number of aryl methyl sites for hydroxylation is 2. The van der Waals surface area contributed by atoms with Crippen molar-refractivity contribution in [1.29, 1.82) is 0 Å². The van der Waals surface area contributed by atoms with Crippen molar-refractivity contribution in [2.24, 2.45) is 0 Å². The Kier molecular flexibility index (Phi) is 4.09. The van der Waals surface area contributed by atoms with Gasteiger partial charge in [0.2, 0.25) is 5.91 Å². The molecule has 116 valence electrons. The first-order valence-electron chi connectivity index (χ1n) is 7.49. The van der Waals surface area contributed by atoms with Gasteiger partial charge >= 0.3 is 0 Å². The Balaban J connectivity index is 1.57. The van der Waals surface area contributed by atoms with Gasteiger partial charge in [-0.05, 0) is 32.4 Å². The van der Waals surface area contributed by atoms with Crippen molar-refractivity contribution in [2.45, 2.75) is 32.7 Å². The zero-order chi connectivity index (χ0) is 15.5. The molecule has 6 nitrogen and oxygen atoms in total. The van der Waals surface area contributed by atoms with E-state index < -0.39 is 0 Å². The number of aromatic nitrogens is 2. The minimum atomic E-state index is 0.130. The highest BCUT2D eigenvalue weighted by Crippen LogP contribution is 2.18. The summed E-state index contributed by atoms with van der Waals surface area (Å²) < 4.78 is 5.12. The molecular formula is C16H20N4O2. The average Bonchev–Trinajstić information content (AvgIpc) is 3.10. The van der Waals surface area contributed by atoms with Crippen LogP contribution in [0.1, 0.15) is 23.4 Å². The zero-order valence-electron chi connectivity index (χ0n) is 12.9. The first kappa shape index (κ1) is 14.6. The molecule has 2 aromatic rings. The summed E-state index contributed by atoms with van der Waals surface area (Å²) in [6.45, 7) is 5.21. The van der Waals surface area contributed by atoms with E-state index in [-0.39, 0.29) is 11.9 Å². The third-order valence-electron chi connectivity index (χ3n) is 4.08. The monoisotopic (exact) mass is 300 g/mol. The maximum Gasteiger partial charge on any atom is 0.227 e. The molecule has 6 heteroatoms. The van der Waals surface area contributed by atoms with Crippen molar-refractivity contribution in [2.75, 3.05) is 18.4 Å². The lowest BCUT2D eigenvalue weighted by Crippen LogP contribution is -2.32. The van der Waals surface area contributed by atoms with Crippen LogP contribution in [-0.2, 0) is 11.2 Å². The number of carbonyl (C=O) groups is 1. The molecule has 0 bridgehead atoms. The van der Waals surface area contributed by atoms with Gasteiger partial charge in [0.1, 0.15) is 5.76 Å². The van der Waals surface area contributed by atoms with Gasteiger partial charge in [0, 0.05) is 37.1 Å². The van der Waals surface area contributed by atoms with Crippen molar-refractivity contribution in [3.05, 3.63) is 41.5 Å². The quantitative estimate of drug-likeness (QED) is 0.934. The van der Waals surface area contributed by atoms with Crippen LogP contribution in [0.3, 0.4) is 0 Å². The SMILES string of the molecule is Cc1noc(C)c1CC(=O)N1CCC(Nc2cccnc2)C1. The van der Waals surface area contributed by atoms with Gasteiger partial charge in [-0.2, -0.15) is 0 Å². The molecule has 2 aromatic heterocycles. The van der Waals surface area contributed by atoms with Gasteiger partial charge in [0.15, 0.2) is 0 Å². The van der Waals surface area contributed by atoms with E-state index in [9.17, 15) is 4.79 Å². The second-order valence-corrected chi connectivity index (χ2v) is 5.69. The lowest BCUT2D eigenvalue weighted by Gasteiger charge is -2.17. The molecular weight excluding hydrogens is 280 g/mol.